The average Bonchev–Trinajstić information content (AvgIpc) is 3.76. The molecule has 2 aromatic carbocycles. The van der Waals surface area contributed by atoms with E-state index in [2.05, 4.69) is 47.9 Å². The summed E-state index contributed by atoms with van der Waals surface area (Å²) in [5.41, 5.74) is 6.07. The number of nitrogens with one attached hydrogen (secondary N) is 2. The maximum Gasteiger partial charge on any atom is 0.258 e. The number of hydrogen-bond donors (Lipinski definition) is 2. The quantitative estimate of drug-likeness (QED) is 0.451. The molecule has 1 atom stereocenters. The Bertz CT molecular complexity index is 1500. The average molecular weight is 508 g/mol. The van der Waals surface area contributed by atoms with E-state index in [0.29, 0.717) is 24.1 Å². The number of allylic oxidation sites excluding steroid dienone is 4. The van der Waals surface area contributed by atoms with E-state index in [1.165, 1.54) is 18.4 Å². The molecular weight excluding hydrogens is 470 g/mol. The standard InChI is InChI=1S/C33H37N3O2/c1-21-3-6-27(32(37)35-29-10-11-29)19-31(21)26-9-12-30-28(18-26)17-22(2)36(33(30)38)20-23-4-7-24(8-5-23)25-13-15-34-16-14-25/h3-7,9,12,17-19,24-25,29,34H,8,10-11,13-16,20H2,1-2H3,(H,35,37). The lowest BCUT2D eigenvalue weighted by atomic mass is 9.80. The molecular formula is C33H37N3O2. The number of rotatable bonds is 6. The summed E-state index contributed by atoms with van der Waals surface area (Å²) in [6.07, 6.45) is 12.7. The molecule has 2 fully saturated rings. The summed E-state index contributed by atoms with van der Waals surface area (Å²) in [6.45, 7) is 6.94. The lowest BCUT2D eigenvalue weighted by Gasteiger charge is -2.30. The molecule has 0 radical (unpaired) electrons. The number of aromatic nitrogens is 1. The molecule has 3 aromatic rings. The van der Waals surface area contributed by atoms with Crippen LogP contribution in [0.25, 0.3) is 21.9 Å². The number of fused-ring (bicyclic) bond motifs is 1. The molecule has 38 heavy (non-hydrogen) atoms. The van der Waals surface area contributed by atoms with Crippen LogP contribution in [0.1, 0.15) is 53.7 Å². The predicted octanol–water partition coefficient (Wildman–Crippen LogP) is 5.68. The van der Waals surface area contributed by atoms with E-state index in [0.717, 1.165) is 71.4 Å². The number of carbonyl (C=O) groups is 1. The van der Waals surface area contributed by atoms with Gasteiger partial charge in [0.1, 0.15) is 0 Å². The minimum atomic E-state index is -0.0126. The molecule has 1 unspecified atom stereocenters. The first kappa shape index (κ1) is 24.9. The second-order valence-corrected chi connectivity index (χ2v) is 11.4. The Kier molecular flexibility index (Phi) is 6.79. The molecule has 1 amide bonds. The first-order chi connectivity index (χ1) is 18.5. The van der Waals surface area contributed by atoms with Crippen LogP contribution in [0.15, 0.2) is 71.1 Å². The summed E-state index contributed by atoms with van der Waals surface area (Å²) in [4.78, 5) is 26.2. The topological polar surface area (TPSA) is 63.1 Å². The van der Waals surface area contributed by atoms with Crippen molar-refractivity contribution in [1.82, 2.24) is 15.2 Å². The second-order valence-electron chi connectivity index (χ2n) is 11.4. The maximum atomic E-state index is 13.6. The van der Waals surface area contributed by atoms with Crippen LogP contribution >= 0.6 is 0 Å². The van der Waals surface area contributed by atoms with E-state index in [-0.39, 0.29) is 11.5 Å². The molecule has 1 saturated carbocycles. The van der Waals surface area contributed by atoms with Crippen LogP contribution in [0, 0.1) is 25.7 Å². The Morgan fingerprint density at radius 2 is 1.84 bits per heavy atom. The molecule has 1 aromatic heterocycles. The molecule has 3 aliphatic rings. The van der Waals surface area contributed by atoms with Crippen molar-refractivity contribution in [2.24, 2.45) is 11.8 Å². The fraction of sp³-hybridized carbons (Fsp3) is 0.394. The molecule has 1 aliphatic heterocycles. The van der Waals surface area contributed by atoms with Gasteiger partial charge in [-0.2, -0.15) is 0 Å². The first-order valence-corrected chi connectivity index (χ1v) is 14.1. The zero-order valence-electron chi connectivity index (χ0n) is 22.4. The van der Waals surface area contributed by atoms with E-state index < -0.39 is 0 Å². The van der Waals surface area contributed by atoms with Crippen molar-refractivity contribution < 1.29 is 4.79 Å². The van der Waals surface area contributed by atoms with E-state index in [9.17, 15) is 9.59 Å². The molecule has 2 heterocycles. The number of benzene rings is 2. The van der Waals surface area contributed by atoms with Gasteiger partial charge in [-0.1, -0.05) is 30.4 Å². The maximum absolute atomic E-state index is 13.6. The second kappa shape index (κ2) is 10.4. The molecule has 196 valence electrons. The monoisotopic (exact) mass is 507 g/mol. The van der Waals surface area contributed by atoms with Gasteiger partial charge in [-0.15, -0.1) is 0 Å². The van der Waals surface area contributed by atoms with Crippen LogP contribution in [0.3, 0.4) is 0 Å². The Labute approximate surface area is 224 Å². The predicted molar refractivity (Wildman–Crippen MR) is 155 cm³/mol. The normalized spacial score (nSPS) is 19.9. The number of carbonyl (C=O) groups excluding carboxylic acids is 1. The third kappa shape index (κ3) is 5.12. The highest BCUT2D eigenvalue weighted by Gasteiger charge is 2.24. The fourth-order valence-corrected chi connectivity index (χ4v) is 6.02. The molecule has 2 N–H and O–H groups in total. The van der Waals surface area contributed by atoms with Gasteiger partial charge in [0, 0.05) is 22.7 Å². The zero-order chi connectivity index (χ0) is 26.2. The summed E-state index contributed by atoms with van der Waals surface area (Å²) >= 11 is 0. The van der Waals surface area contributed by atoms with Gasteiger partial charge < -0.3 is 15.2 Å². The van der Waals surface area contributed by atoms with E-state index >= 15 is 0 Å². The van der Waals surface area contributed by atoms with Gasteiger partial charge in [0.15, 0.2) is 0 Å². The highest BCUT2D eigenvalue weighted by atomic mass is 16.1. The van der Waals surface area contributed by atoms with Crippen molar-refractivity contribution in [3.8, 4) is 11.1 Å². The van der Waals surface area contributed by atoms with Crippen LogP contribution in [0.2, 0.25) is 0 Å². The highest BCUT2D eigenvalue weighted by molar-refractivity contribution is 5.96. The summed E-state index contributed by atoms with van der Waals surface area (Å²) < 4.78 is 1.90. The Hall–Kier alpha value is -3.44. The van der Waals surface area contributed by atoms with Gasteiger partial charge >= 0.3 is 0 Å². The number of piperidine rings is 1. The fourth-order valence-electron chi connectivity index (χ4n) is 6.02. The van der Waals surface area contributed by atoms with Gasteiger partial charge in [0.05, 0.1) is 6.54 Å². The Morgan fingerprint density at radius 1 is 1.03 bits per heavy atom. The van der Waals surface area contributed by atoms with Crippen LogP contribution in [-0.4, -0.2) is 29.6 Å². The van der Waals surface area contributed by atoms with Crippen LogP contribution in [0.4, 0.5) is 0 Å². The van der Waals surface area contributed by atoms with Crippen LogP contribution < -0.4 is 16.2 Å². The molecule has 2 aliphatic carbocycles. The lowest BCUT2D eigenvalue weighted by molar-refractivity contribution is 0.0951. The van der Waals surface area contributed by atoms with Crippen molar-refractivity contribution in [2.45, 2.75) is 58.5 Å². The molecule has 5 heteroatoms. The summed E-state index contributed by atoms with van der Waals surface area (Å²) in [7, 11) is 0. The molecule has 1 saturated heterocycles. The summed E-state index contributed by atoms with van der Waals surface area (Å²) in [5, 5.41) is 8.20. The lowest BCUT2D eigenvalue weighted by Crippen LogP contribution is -2.31. The third-order valence-corrected chi connectivity index (χ3v) is 8.58. The molecule has 0 spiro atoms. The van der Waals surface area contributed by atoms with Gasteiger partial charge in [0.2, 0.25) is 0 Å². The van der Waals surface area contributed by atoms with Crippen molar-refractivity contribution in [2.75, 3.05) is 13.1 Å². The van der Waals surface area contributed by atoms with Crippen molar-refractivity contribution in [3.63, 3.8) is 0 Å². The van der Waals surface area contributed by atoms with E-state index in [1.807, 2.05) is 41.8 Å². The van der Waals surface area contributed by atoms with Gasteiger partial charge in [-0.3, -0.25) is 9.59 Å². The van der Waals surface area contributed by atoms with Gasteiger partial charge in [0.25, 0.3) is 11.5 Å². The van der Waals surface area contributed by atoms with Crippen molar-refractivity contribution in [1.29, 1.82) is 0 Å². The van der Waals surface area contributed by atoms with E-state index in [1.54, 1.807) is 0 Å². The highest BCUT2D eigenvalue weighted by Crippen LogP contribution is 2.31. The van der Waals surface area contributed by atoms with Crippen molar-refractivity contribution in [3.05, 3.63) is 93.4 Å². The van der Waals surface area contributed by atoms with E-state index in [4.69, 9.17) is 0 Å². The number of aryl methyl sites for hydroxylation is 2. The number of amides is 1. The zero-order valence-corrected chi connectivity index (χ0v) is 22.4. The molecule has 6 rings (SSSR count). The number of nitrogens with zero attached hydrogens (tertiary/aromatic N) is 1. The largest absolute Gasteiger partial charge is 0.349 e. The van der Waals surface area contributed by atoms with Gasteiger partial charge in [-0.25, -0.2) is 0 Å². The summed E-state index contributed by atoms with van der Waals surface area (Å²) in [6, 6.07) is 14.4. The summed E-state index contributed by atoms with van der Waals surface area (Å²) in [5.74, 6) is 1.37. The van der Waals surface area contributed by atoms with Gasteiger partial charge in [-0.05, 0) is 129 Å². The first-order valence-electron chi connectivity index (χ1n) is 14.1. The minimum absolute atomic E-state index is 0.0126. The van der Waals surface area contributed by atoms with Crippen molar-refractivity contribution >= 4 is 16.7 Å². The molecule has 0 bridgehead atoms. The Morgan fingerprint density at radius 3 is 2.58 bits per heavy atom. The minimum Gasteiger partial charge on any atom is -0.349 e. The molecule has 5 nitrogen and oxygen atoms in total. The SMILES string of the molecule is Cc1ccc(C(=O)NC2CC2)cc1-c1ccc2c(=O)n(CC3=CCC(C4CCNCC4)C=C3)c(C)cc2c1. The smallest absolute Gasteiger partial charge is 0.258 e. The number of pyridine rings is 1. The van der Waals surface area contributed by atoms with Crippen LogP contribution in [-0.2, 0) is 6.54 Å². The number of hydrogen-bond acceptors (Lipinski definition) is 3. The van der Waals surface area contributed by atoms with Crippen LogP contribution in [0.5, 0.6) is 0 Å². The Balaban J connectivity index is 1.24. The third-order valence-electron chi connectivity index (χ3n) is 8.58.